The average molecular weight is 260 g/mol. The van der Waals surface area contributed by atoms with Crippen molar-refractivity contribution in [2.75, 3.05) is 0 Å². The molecule has 0 heterocycles. The smallest absolute Gasteiger partial charge is 0.0146 e. The third-order valence-corrected chi connectivity index (χ3v) is 5.36. The van der Waals surface area contributed by atoms with Crippen LogP contribution in [0.15, 0.2) is 12.2 Å². The Morgan fingerprint density at radius 2 is 2.09 bits per heavy atom. The minimum absolute atomic E-state index is 0.996. The summed E-state index contributed by atoms with van der Waals surface area (Å²) in [5.74, 6) is 4.23. The van der Waals surface area contributed by atoms with Crippen molar-refractivity contribution in [3.63, 3.8) is 0 Å². The highest BCUT2D eigenvalue weighted by molar-refractivity contribution is 14.1. The molecule has 5 atom stereocenters. The Morgan fingerprint density at radius 1 is 1.18 bits per heavy atom. The number of rotatable bonds is 0. The fraction of sp³-hybridized carbons (Fsp3) is 0.800. The quantitative estimate of drug-likeness (QED) is 0.357. The third-order valence-electron chi connectivity index (χ3n) is 3.93. The Labute approximate surface area is 81.6 Å². The fourth-order valence-electron chi connectivity index (χ4n) is 3.46. The van der Waals surface area contributed by atoms with Gasteiger partial charge in [-0.2, -0.15) is 0 Å². The zero-order chi connectivity index (χ0) is 7.42. The highest BCUT2D eigenvalue weighted by atomic mass is 127. The molecule has 3 aliphatic rings. The van der Waals surface area contributed by atoms with Gasteiger partial charge in [-0.15, -0.1) is 0 Å². The molecule has 11 heavy (non-hydrogen) atoms. The van der Waals surface area contributed by atoms with Gasteiger partial charge in [0.15, 0.2) is 0 Å². The van der Waals surface area contributed by atoms with Crippen LogP contribution in [0.3, 0.4) is 0 Å². The predicted molar refractivity (Wildman–Crippen MR) is 54.8 cm³/mol. The molecule has 0 N–H and O–H groups in total. The van der Waals surface area contributed by atoms with Crippen LogP contribution in [0.4, 0.5) is 0 Å². The van der Waals surface area contributed by atoms with Crippen molar-refractivity contribution in [2.24, 2.45) is 23.7 Å². The van der Waals surface area contributed by atoms with Crippen molar-refractivity contribution in [1.82, 2.24) is 0 Å². The lowest BCUT2D eigenvalue weighted by Gasteiger charge is -2.27. The number of hydrogen-bond donors (Lipinski definition) is 0. The second-order valence-corrected chi connectivity index (χ2v) is 5.92. The number of alkyl halides is 1. The van der Waals surface area contributed by atoms with Crippen LogP contribution >= 0.6 is 22.6 Å². The third kappa shape index (κ3) is 0.809. The molecule has 3 rings (SSSR count). The normalized spacial score (nSPS) is 58.8. The summed E-state index contributed by atoms with van der Waals surface area (Å²) in [5, 5.41) is 0. The maximum Gasteiger partial charge on any atom is 0.0146 e. The zero-order valence-corrected chi connectivity index (χ0v) is 8.70. The lowest BCUT2D eigenvalue weighted by atomic mass is 9.81. The molecule has 0 aromatic heterocycles. The van der Waals surface area contributed by atoms with E-state index in [1.54, 1.807) is 6.42 Å². The van der Waals surface area contributed by atoms with E-state index in [9.17, 15) is 0 Å². The Kier molecular flexibility index (Phi) is 1.41. The summed E-state index contributed by atoms with van der Waals surface area (Å²) in [6.45, 7) is 0. The summed E-state index contributed by atoms with van der Waals surface area (Å²) in [5.41, 5.74) is 0. The van der Waals surface area contributed by atoms with Crippen molar-refractivity contribution >= 4 is 22.6 Å². The molecule has 2 bridgehead atoms. The Balaban J connectivity index is 1.94. The molecular weight excluding hydrogens is 247 g/mol. The first-order valence-electron chi connectivity index (χ1n) is 4.67. The summed E-state index contributed by atoms with van der Waals surface area (Å²) < 4.78 is 1.00. The van der Waals surface area contributed by atoms with Crippen LogP contribution < -0.4 is 0 Å². The Bertz CT molecular complexity index is 209. The lowest BCUT2D eigenvalue weighted by molar-refractivity contribution is 0.297. The zero-order valence-electron chi connectivity index (χ0n) is 6.54. The van der Waals surface area contributed by atoms with E-state index in [1.165, 1.54) is 12.8 Å². The van der Waals surface area contributed by atoms with E-state index in [-0.39, 0.29) is 0 Å². The molecule has 0 amide bonds. The molecule has 0 aromatic carbocycles. The van der Waals surface area contributed by atoms with Crippen molar-refractivity contribution in [3.8, 4) is 0 Å². The summed E-state index contributed by atoms with van der Waals surface area (Å²) in [4.78, 5) is 0. The summed E-state index contributed by atoms with van der Waals surface area (Å²) in [7, 11) is 0. The van der Waals surface area contributed by atoms with Gasteiger partial charge in [0.1, 0.15) is 0 Å². The van der Waals surface area contributed by atoms with E-state index in [4.69, 9.17) is 0 Å². The molecule has 0 spiro atoms. The van der Waals surface area contributed by atoms with Gasteiger partial charge in [-0.3, -0.25) is 0 Å². The van der Waals surface area contributed by atoms with Gasteiger partial charge in [0.25, 0.3) is 0 Å². The van der Waals surface area contributed by atoms with Crippen molar-refractivity contribution in [1.29, 1.82) is 0 Å². The first kappa shape index (κ1) is 6.93. The predicted octanol–water partition coefficient (Wildman–Crippen LogP) is 3.02. The first-order valence-corrected chi connectivity index (χ1v) is 5.91. The van der Waals surface area contributed by atoms with Crippen LogP contribution in [0, 0.1) is 23.7 Å². The molecular formula is C10H13I. The van der Waals surface area contributed by atoms with E-state index in [1.807, 2.05) is 0 Å². The highest BCUT2D eigenvalue weighted by Crippen LogP contribution is 2.58. The first-order chi connectivity index (χ1) is 5.36. The molecule has 0 nitrogen and oxygen atoms in total. The van der Waals surface area contributed by atoms with Crippen molar-refractivity contribution in [3.05, 3.63) is 12.2 Å². The van der Waals surface area contributed by atoms with E-state index >= 15 is 0 Å². The average Bonchev–Trinajstić information content (AvgIpc) is 2.52. The summed E-state index contributed by atoms with van der Waals surface area (Å²) >= 11 is 2.67. The van der Waals surface area contributed by atoms with Gasteiger partial charge in [-0.1, -0.05) is 34.7 Å². The van der Waals surface area contributed by atoms with Crippen LogP contribution in [-0.4, -0.2) is 3.92 Å². The second-order valence-electron chi connectivity index (χ2n) is 4.32. The minimum Gasteiger partial charge on any atom is -0.0879 e. The SMILES string of the molecule is I[C@@H]1C[C@H]2C[C@H]1[C@H]1C=CC[C@@H]21. The van der Waals surface area contributed by atoms with Gasteiger partial charge >= 0.3 is 0 Å². The second kappa shape index (κ2) is 2.24. The molecule has 0 aromatic rings. The van der Waals surface area contributed by atoms with Gasteiger partial charge in [0.2, 0.25) is 0 Å². The Hall–Kier alpha value is 0.470. The van der Waals surface area contributed by atoms with Gasteiger partial charge in [0, 0.05) is 3.92 Å². The molecule has 0 aliphatic heterocycles. The van der Waals surface area contributed by atoms with Crippen LogP contribution in [0.25, 0.3) is 0 Å². The van der Waals surface area contributed by atoms with Crippen LogP contribution in [-0.2, 0) is 0 Å². The van der Waals surface area contributed by atoms with Gasteiger partial charge in [-0.25, -0.2) is 0 Å². The van der Waals surface area contributed by atoms with E-state index in [0.717, 1.165) is 27.6 Å². The van der Waals surface area contributed by atoms with Crippen molar-refractivity contribution in [2.45, 2.75) is 23.2 Å². The van der Waals surface area contributed by atoms with Crippen molar-refractivity contribution < 1.29 is 0 Å². The van der Waals surface area contributed by atoms with Gasteiger partial charge in [0.05, 0.1) is 0 Å². The largest absolute Gasteiger partial charge is 0.0879 e. The minimum atomic E-state index is 0.996. The van der Waals surface area contributed by atoms with Gasteiger partial charge < -0.3 is 0 Å². The highest BCUT2D eigenvalue weighted by Gasteiger charge is 2.51. The summed E-state index contributed by atoms with van der Waals surface area (Å²) in [6.07, 6.45) is 9.39. The van der Waals surface area contributed by atoms with E-state index in [2.05, 4.69) is 34.7 Å². The van der Waals surface area contributed by atoms with Crippen LogP contribution in [0.1, 0.15) is 19.3 Å². The standard InChI is InChI=1S/C10H13I/c11-10-5-6-4-9(10)8-3-1-2-7(6)8/h1,3,6-10H,2,4-5H2/t6-,7+,8+,9+,10-/m1/s1. The maximum atomic E-state index is 2.67. The number of halogens is 1. The Morgan fingerprint density at radius 3 is 3.00 bits per heavy atom. The molecule has 2 saturated carbocycles. The molecule has 0 unspecified atom stereocenters. The molecule has 0 saturated heterocycles. The number of allylic oxidation sites excluding steroid dienone is 2. The topological polar surface area (TPSA) is 0 Å². The number of fused-ring (bicyclic) bond motifs is 5. The monoisotopic (exact) mass is 260 g/mol. The van der Waals surface area contributed by atoms with E-state index in [0.29, 0.717) is 0 Å². The maximum absolute atomic E-state index is 2.67. The van der Waals surface area contributed by atoms with E-state index < -0.39 is 0 Å². The molecule has 0 radical (unpaired) electrons. The molecule has 2 fully saturated rings. The van der Waals surface area contributed by atoms with Crippen LogP contribution in [0.5, 0.6) is 0 Å². The lowest BCUT2D eigenvalue weighted by Crippen LogP contribution is -2.23. The molecule has 3 aliphatic carbocycles. The summed E-state index contributed by atoms with van der Waals surface area (Å²) in [6, 6.07) is 0. The molecule has 1 heteroatoms. The van der Waals surface area contributed by atoms with Crippen LogP contribution in [0.2, 0.25) is 0 Å². The fourth-order valence-corrected chi connectivity index (χ4v) is 4.89. The molecule has 60 valence electrons. The number of hydrogen-bond acceptors (Lipinski definition) is 0. The van der Waals surface area contributed by atoms with Gasteiger partial charge in [-0.05, 0) is 42.9 Å².